The fourth-order valence-corrected chi connectivity index (χ4v) is 1.74. The Morgan fingerprint density at radius 1 is 1.15 bits per heavy atom. The van der Waals surface area contributed by atoms with Gasteiger partial charge in [-0.25, -0.2) is 0 Å². The molecule has 0 atom stereocenters. The maximum Gasteiger partial charge on any atom is 0.226 e. The van der Waals surface area contributed by atoms with Crippen LogP contribution in [0.3, 0.4) is 0 Å². The van der Waals surface area contributed by atoms with Crippen molar-refractivity contribution in [2.45, 2.75) is 26.9 Å². The van der Waals surface area contributed by atoms with Gasteiger partial charge in [-0.3, -0.25) is 4.79 Å². The molecule has 2 N–H and O–H groups in total. The Morgan fingerprint density at radius 2 is 1.90 bits per heavy atom. The lowest BCUT2D eigenvalue weighted by Crippen LogP contribution is -2.17. The number of nitrogens with one attached hydrogen (secondary N) is 2. The van der Waals surface area contributed by atoms with Crippen LogP contribution in [0.25, 0.3) is 0 Å². The second kappa shape index (κ2) is 6.91. The normalized spacial score (nSPS) is 10.8. The predicted molar refractivity (Wildman–Crippen MR) is 79.2 cm³/mol. The Balaban J connectivity index is 1.80. The summed E-state index contributed by atoms with van der Waals surface area (Å²) >= 11 is 0. The van der Waals surface area contributed by atoms with Crippen LogP contribution in [0.2, 0.25) is 0 Å². The van der Waals surface area contributed by atoms with Gasteiger partial charge in [0.05, 0.1) is 12.8 Å². The highest BCUT2D eigenvalue weighted by Gasteiger charge is 2.06. The lowest BCUT2D eigenvalue weighted by Gasteiger charge is -2.08. The van der Waals surface area contributed by atoms with Crippen molar-refractivity contribution >= 4 is 11.6 Å². The van der Waals surface area contributed by atoms with Crippen LogP contribution in [0, 0.1) is 5.92 Å². The number of carbonyl (C=O) groups excluding carboxylic acids is 1. The van der Waals surface area contributed by atoms with E-state index in [0.717, 1.165) is 18.0 Å². The average molecular weight is 272 g/mol. The first-order valence-electron chi connectivity index (χ1n) is 6.78. The Kier molecular flexibility index (Phi) is 4.96. The number of hydrogen-bond acceptors (Lipinski definition) is 3. The van der Waals surface area contributed by atoms with Crippen molar-refractivity contribution in [2.24, 2.45) is 5.92 Å². The van der Waals surface area contributed by atoms with Gasteiger partial charge in [0.1, 0.15) is 5.76 Å². The molecule has 0 aliphatic rings. The van der Waals surface area contributed by atoms with E-state index >= 15 is 0 Å². The Hall–Kier alpha value is -2.07. The van der Waals surface area contributed by atoms with Gasteiger partial charge in [-0.2, -0.15) is 0 Å². The van der Waals surface area contributed by atoms with Gasteiger partial charge in [0.2, 0.25) is 5.91 Å². The molecule has 0 radical (unpaired) electrons. The molecule has 1 amide bonds. The number of rotatable bonds is 6. The smallest absolute Gasteiger partial charge is 0.226 e. The van der Waals surface area contributed by atoms with Gasteiger partial charge in [0.15, 0.2) is 0 Å². The largest absolute Gasteiger partial charge is 0.468 e. The van der Waals surface area contributed by atoms with Crippen LogP contribution in [0.4, 0.5) is 5.69 Å². The molecule has 0 saturated heterocycles. The molecule has 20 heavy (non-hydrogen) atoms. The summed E-state index contributed by atoms with van der Waals surface area (Å²) in [6.45, 7) is 5.22. The van der Waals surface area contributed by atoms with E-state index in [1.807, 2.05) is 50.2 Å². The number of anilines is 1. The molecule has 0 spiro atoms. The van der Waals surface area contributed by atoms with E-state index in [9.17, 15) is 4.79 Å². The van der Waals surface area contributed by atoms with Crippen LogP contribution < -0.4 is 10.6 Å². The van der Waals surface area contributed by atoms with E-state index in [1.165, 1.54) is 5.56 Å². The van der Waals surface area contributed by atoms with Gasteiger partial charge in [0.25, 0.3) is 0 Å². The monoisotopic (exact) mass is 272 g/mol. The topological polar surface area (TPSA) is 54.3 Å². The van der Waals surface area contributed by atoms with E-state index in [1.54, 1.807) is 6.26 Å². The molecule has 0 bridgehead atoms. The van der Waals surface area contributed by atoms with Crippen molar-refractivity contribution in [3.8, 4) is 0 Å². The van der Waals surface area contributed by atoms with Crippen LogP contribution in [0.5, 0.6) is 0 Å². The third kappa shape index (κ3) is 4.24. The summed E-state index contributed by atoms with van der Waals surface area (Å²) < 4.78 is 5.25. The first kappa shape index (κ1) is 14.3. The van der Waals surface area contributed by atoms with E-state index in [-0.39, 0.29) is 11.8 Å². The Bertz CT molecular complexity index is 530. The van der Waals surface area contributed by atoms with Gasteiger partial charge < -0.3 is 15.1 Å². The number of benzene rings is 1. The molecule has 4 nitrogen and oxygen atoms in total. The zero-order chi connectivity index (χ0) is 14.4. The number of hydrogen-bond donors (Lipinski definition) is 2. The van der Waals surface area contributed by atoms with E-state index in [2.05, 4.69) is 10.6 Å². The first-order valence-corrected chi connectivity index (χ1v) is 6.78. The fraction of sp³-hybridized carbons (Fsp3) is 0.312. The second-order valence-electron chi connectivity index (χ2n) is 5.02. The Morgan fingerprint density at radius 3 is 2.50 bits per heavy atom. The molecule has 4 heteroatoms. The van der Waals surface area contributed by atoms with Gasteiger partial charge in [-0.1, -0.05) is 26.0 Å². The van der Waals surface area contributed by atoms with Crippen molar-refractivity contribution in [1.82, 2.24) is 5.32 Å². The highest BCUT2D eigenvalue weighted by molar-refractivity contribution is 5.91. The van der Waals surface area contributed by atoms with Crippen LogP contribution in [-0.4, -0.2) is 5.91 Å². The summed E-state index contributed by atoms with van der Waals surface area (Å²) in [6.07, 6.45) is 1.67. The predicted octanol–water partition coefficient (Wildman–Crippen LogP) is 3.16. The highest BCUT2D eigenvalue weighted by atomic mass is 16.3. The third-order valence-corrected chi connectivity index (χ3v) is 2.95. The van der Waals surface area contributed by atoms with Gasteiger partial charge in [0, 0.05) is 18.2 Å². The first-order chi connectivity index (χ1) is 9.65. The van der Waals surface area contributed by atoms with Crippen molar-refractivity contribution in [1.29, 1.82) is 0 Å². The lowest BCUT2D eigenvalue weighted by molar-refractivity contribution is -0.118. The summed E-state index contributed by atoms with van der Waals surface area (Å²) in [4.78, 5) is 11.6. The minimum Gasteiger partial charge on any atom is -0.468 e. The maximum absolute atomic E-state index is 11.6. The molecule has 106 valence electrons. The maximum atomic E-state index is 11.6. The number of amides is 1. The van der Waals surface area contributed by atoms with E-state index in [4.69, 9.17) is 4.42 Å². The zero-order valence-corrected chi connectivity index (χ0v) is 11.8. The van der Waals surface area contributed by atoms with Crippen molar-refractivity contribution in [3.05, 3.63) is 54.0 Å². The zero-order valence-electron chi connectivity index (χ0n) is 11.8. The van der Waals surface area contributed by atoms with Crippen molar-refractivity contribution in [2.75, 3.05) is 5.32 Å². The molecule has 0 fully saturated rings. The summed E-state index contributed by atoms with van der Waals surface area (Å²) in [6, 6.07) is 11.7. The minimum absolute atomic E-state index is 0.00959. The van der Waals surface area contributed by atoms with Gasteiger partial charge in [-0.05, 0) is 29.8 Å². The standard InChI is InChI=1S/C16H20N2O2/c1-12(2)16(19)18-14-7-5-13(6-8-14)10-17-11-15-4-3-9-20-15/h3-9,12,17H,10-11H2,1-2H3,(H,18,19). The lowest BCUT2D eigenvalue weighted by atomic mass is 10.1. The van der Waals surface area contributed by atoms with Crippen LogP contribution in [0.15, 0.2) is 47.1 Å². The third-order valence-electron chi connectivity index (χ3n) is 2.95. The van der Waals surface area contributed by atoms with Crippen molar-refractivity contribution < 1.29 is 9.21 Å². The van der Waals surface area contributed by atoms with Crippen LogP contribution >= 0.6 is 0 Å². The fourth-order valence-electron chi connectivity index (χ4n) is 1.74. The number of carbonyl (C=O) groups is 1. The molecular weight excluding hydrogens is 252 g/mol. The second-order valence-corrected chi connectivity index (χ2v) is 5.02. The highest BCUT2D eigenvalue weighted by Crippen LogP contribution is 2.11. The summed E-state index contributed by atoms with van der Waals surface area (Å²) in [7, 11) is 0. The molecule has 2 aromatic rings. The summed E-state index contributed by atoms with van der Waals surface area (Å²) in [5.41, 5.74) is 2.00. The molecular formula is C16H20N2O2. The molecule has 0 saturated carbocycles. The molecule has 0 aliphatic carbocycles. The van der Waals surface area contributed by atoms with E-state index < -0.39 is 0 Å². The molecule has 1 aromatic heterocycles. The average Bonchev–Trinajstić information content (AvgIpc) is 2.94. The van der Waals surface area contributed by atoms with Crippen LogP contribution in [-0.2, 0) is 17.9 Å². The quantitative estimate of drug-likeness (QED) is 0.849. The summed E-state index contributed by atoms with van der Waals surface area (Å²) in [5.74, 6) is 0.948. The summed E-state index contributed by atoms with van der Waals surface area (Å²) in [5, 5.41) is 6.17. The van der Waals surface area contributed by atoms with Crippen molar-refractivity contribution in [3.63, 3.8) is 0 Å². The molecule has 1 heterocycles. The van der Waals surface area contributed by atoms with Gasteiger partial charge in [-0.15, -0.1) is 0 Å². The molecule has 0 unspecified atom stereocenters. The minimum atomic E-state index is -0.00959. The number of furan rings is 1. The molecule has 2 rings (SSSR count). The Labute approximate surface area is 119 Å². The molecule has 0 aliphatic heterocycles. The molecule has 1 aromatic carbocycles. The van der Waals surface area contributed by atoms with Crippen LogP contribution in [0.1, 0.15) is 25.2 Å². The SMILES string of the molecule is CC(C)C(=O)Nc1ccc(CNCc2ccco2)cc1. The van der Waals surface area contributed by atoms with E-state index in [0.29, 0.717) is 6.54 Å². The van der Waals surface area contributed by atoms with Gasteiger partial charge >= 0.3 is 0 Å².